The number of aromatic nitrogens is 5. The highest BCUT2D eigenvalue weighted by Crippen LogP contribution is 2.24. The van der Waals surface area contributed by atoms with Gasteiger partial charge in [0.15, 0.2) is 5.69 Å². The summed E-state index contributed by atoms with van der Waals surface area (Å²) in [6.07, 6.45) is 4.29. The van der Waals surface area contributed by atoms with Crippen molar-refractivity contribution in [2.24, 2.45) is 7.05 Å². The number of carboxylic acid groups (broad SMARTS) is 1. The first kappa shape index (κ1) is 14.2. The fourth-order valence-electron chi connectivity index (χ4n) is 2.20. The van der Waals surface area contributed by atoms with Crippen LogP contribution < -0.4 is 0 Å². The van der Waals surface area contributed by atoms with Gasteiger partial charge in [-0.2, -0.15) is 0 Å². The lowest BCUT2D eigenvalue weighted by molar-refractivity contribution is 0.0687. The van der Waals surface area contributed by atoms with Gasteiger partial charge in [-0.1, -0.05) is 26.0 Å². The molecule has 0 aromatic carbocycles. The minimum absolute atomic E-state index is 0.0253. The molecule has 2 aromatic heterocycles. The second kappa shape index (κ2) is 5.07. The molecule has 0 atom stereocenters. The summed E-state index contributed by atoms with van der Waals surface area (Å²) in [5.41, 5.74) is 0.329. The molecule has 2 rings (SSSR count). The maximum Gasteiger partial charge on any atom is 0.358 e. The first-order valence-electron chi connectivity index (χ1n) is 6.44. The van der Waals surface area contributed by atoms with Gasteiger partial charge in [0, 0.05) is 31.3 Å². The zero-order valence-corrected chi connectivity index (χ0v) is 12.2. The minimum atomic E-state index is -1.04. The molecule has 0 unspecified atom stereocenters. The topological polar surface area (TPSA) is 85.8 Å². The quantitative estimate of drug-likeness (QED) is 0.909. The zero-order chi connectivity index (χ0) is 14.9. The van der Waals surface area contributed by atoms with Gasteiger partial charge in [-0.25, -0.2) is 14.5 Å². The van der Waals surface area contributed by atoms with E-state index in [1.807, 2.05) is 38.6 Å². The Morgan fingerprint density at radius 2 is 2.10 bits per heavy atom. The lowest BCUT2D eigenvalue weighted by atomic mass is 9.90. The molecule has 2 aromatic rings. The molecule has 0 fully saturated rings. The maximum atomic E-state index is 11.2. The largest absolute Gasteiger partial charge is 0.476 e. The Labute approximate surface area is 117 Å². The standard InChI is InChI=1S/C13H19N5O2/c1-13(2,3)11-10(12(19)20)15-16-18(11)7-5-9-14-6-8-17(9)4/h6,8H,5,7H2,1-4H3,(H,19,20). The van der Waals surface area contributed by atoms with Crippen LogP contribution in [0.15, 0.2) is 12.4 Å². The molecule has 2 heterocycles. The molecule has 0 aliphatic heterocycles. The second-order valence-corrected chi connectivity index (χ2v) is 5.77. The van der Waals surface area contributed by atoms with Crippen molar-refractivity contribution < 1.29 is 9.90 Å². The number of imidazole rings is 1. The molecule has 108 valence electrons. The van der Waals surface area contributed by atoms with Crippen molar-refractivity contribution in [3.8, 4) is 0 Å². The van der Waals surface area contributed by atoms with E-state index in [-0.39, 0.29) is 11.1 Å². The SMILES string of the molecule is Cn1ccnc1CCn1nnc(C(=O)O)c1C(C)(C)C. The predicted molar refractivity (Wildman–Crippen MR) is 72.6 cm³/mol. The van der Waals surface area contributed by atoms with E-state index in [4.69, 9.17) is 0 Å². The van der Waals surface area contributed by atoms with Gasteiger partial charge >= 0.3 is 5.97 Å². The van der Waals surface area contributed by atoms with Gasteiger partial charge < -0.3 is 9.67 Å². The van der Waals surface area contributed by atoms with E-state index in [0.717, 1.165) is 5.82 Å². The Balaban J connectivity index is 2.28. The Kier molecular flexibility index (Phi) is 3.61. The summed E-state index contributed by atoms with van der Waals surface area (Å²) in [4.78, 5) is 15.5. The molecule has 0 amide bonds. The number of carbonyl (C=O) groups is 1. The van der Waals surface area contributed by atoms with Crippen LogP contribution in [0.2, 0.25) is 0 Å². The fraction of sp³-hybridized carbons (Fsp3) is 0.538. The van der Waals surface area contributed by atoms with Crippen LogP contribution in [0.3, 0.4) is 0 Å². The van der Waals surface area contributed by atoms with Gasteiger partial charge in [0.05, 0.1) is 12.2 Å². The molecule has 0 aliphatic rings. The molecule has 0 spiro atoms. The van der Waals surface area contributed by atoms with Crippen LogP contribution in [0.5, 0.6) is 0 Å². The average molecular weight is 277 g/mol. The molecule has 1 N–H and O–H groups in total. The lowest BCUT2D eigenvalue weighted by Gasteiger charge is -2.20. The van der Waals surface area contributed by atoms with Gasteiger partial charge in [-0.05, 0) is 0 Å². The number of aromatic carboxylic acids is 1. The Morgan fingerprint density at radius 3 is 2.60 bits per heavy atom. The van der Waals surface area contributed by atoms with Crippen LogP contribution in [0.4, 0.5) is 0 Å². The van der Waals surface area contributed by atoms with E-state index in [0.29, 0.717) is 18.7 Å². The summed E-state index contributed by atoms with van der Waals surface area (Å²) in [7, 11) is 1.93. The van der Waals surface area contributed by atoms with Gasteiger partial charge in [-0.3, -0.25) is 0 Å². The van der Waals surface area contributed by atoms with Crippen molar-refractivity contribution in [2.45, 2.75) is 39.2 Å². The van der Waals surface area contributed by atoms with Crippen molar-refractivity contribution in [2.75, 3.05) is 0 Å². The van der Waals surface area contributed by atoms with Crippen molar-refractivity contribution >= 4 is 5.97 Å². The van der Waals surface area contributed by atoms with E-state index < -0.39 is 5.97 Å². The first-order valence-corrected chi connectivity index (χ1v) is 6.44. The van der Waals surface area contributed by atoms with Gasteiger partial charge in [-0.15, -0.1) is 5.10 Å². The van der Waals surface area contributed by atoms with Crippen molar-refractivity contribution in [1.82, 2.24) is 24.5 Å². The molecule has 0 bridgehead atoms. The molecule has 0 saturated heterocycles. The van der Waals surface area contributed by atoms with Gasteiger partial charge in [0.1, 0.15) is 5.82 Å². The molecule has 0 radical (unpaired) electrons. The molecular weight excluding hydrogens is 258 g/mol. The van der Waals surface area contributed by atoms with E-state index in [9.17, 15) is 9.90 Å². The summed E-state index contributed by atoms with van der Waals surface area (Å²) in [5.74, 6) is -0.115. The Hall–Kier alpha value is -2.18. The summed E-state index contributed by atoms with van der Waals surface area (Å²) in [6.45, 7) is 6.41. The third-order valence-electron chi connectivity index (χ3n) is 3.12. The highest BCUT2D eigenvalue weighted by molar-refractivity contribution is 5.86. The number of hydrogen-bond donors (Lipinski definition) is 1. The third kappa shape index (κ3) is 2.71. The lowest BCUT2D eigenvalue weighted by Crippen LogP contribution is -2.22. The molecule has 7 nitrogen and oxygen atoms in total. The third-order valence-corrected chi connectivity index (χ3v) is 3.12. The smallest absolute Gasteiger partial charge is 0.358 e. The summed E-state index contributed by atoms with van der Waals surface area (Å²) < 4.78 is 3.60. The summed E-state index contributed by atoms with van der Waals surface area (Å²) in [5, 5.41) is 17.0. The summed E-state index contributed by atoms with van der Waals surface area (Å²) in [6, 6.07) is 0. The average Bonchev–Trinajstić information content (AvgIpc) is 2.91. The van der Waals surface area contributed by atoms with E-state index in [1.54, 1.807) is 10.9 Å². The van der Waals surface area contributed by atoms with Crippen LogP contribution in [-0.2, 0) is 25.4 Å². The Morgan fingerprint density at radius 1 is 1.40 bits per heavy atom. The molecule has 0 aliphatic carbocycles. The number of hydrogen-bond acceptors (Lipinski definition) is 4. The van der Waals surface area contributed by atoms with Crippen LogP contribution >= 0.6 is 0 Å². The molecule has 0 saturated carbocycles. The van der Waals surface area contributed by atoms with E-state index in [2.05, 4.69) is 15.3 Å². The fourth-order valence-corrected chi connectivity index (χ4v) is 2.20. The highest BCUT2D eigenvalue weighted by atomic mass is 16.4. The molecular formula is C13H19N5O2. The number of carboxylic acids is 1. The van der Waals surface area contributed by atoms with Gasteiger partial charge in [0.25, 0.3) is 0 Å². The number of nitrogens with zero attached hydrogens (tertiary/aromatic N) is 5. The maximum absolute atomic E-state index is 11.2. The monoisotopic (exact) mass is 277 g/mol. The molecule has 7 heteroatoms. The van der Waals surface area contributed by atoms with E-state index in [1.165, 1.54) is 0 Å². The van der Waals surface area contributed by atoms with Crippen LogP contribution in [0.1, 0.15) is 42.8 Å². The molecule has 20 heavy (non-hydrogen) atoms. The van der Waals surface area contributed by atoms with Crippen LogP contribution in [0.25, 0.3) is 0 Å². The van der Waals surface area contributed by atoms with E-state index >= 15 is 0 Å². The van der Waals surface area contributed by atoms with Crippen LogP contribution in [-0.4, -0.2) is 35.6 Å². The normalized spacial score (nSPS) is 11.8. The number of aryl methyl sites for hydroxylation is 3. The van der Waals surface area contributed by atoms with Crippen LogP contribution in [0, 0.1) is 0 Å². The minimum Gasteiger partial charge on any atom is -0.476 e. The first-order chi connectivity index (χ1) is 9.30. The predicted octanol–water partition coefficient (Wildman–Crippen LogP) is 1.25. The van der Waals surface area contributed by atoms with Crippen molar-refractivity contribution in [3.63, 3.8) is 0 Å². The zero-order valence-electron chi connectivity index (χ0n) is 12.2. The van der Waals surface area contributed by atoms with Crippen molar-refractivity contribution in [1.29, 1.82) is 0 Å². The summed E-state index contributed by atoms with van der Waals surface area (Å²) >= 11 is 0. The second-order valence-electron chi connectivity index (χ2n) is 5.77. The Bertz CT molecular complexity index is 621. The number of rotatable bonds is 4. The highest BCUT2D eigenvalue weighted by Gasteiger charge is 2.28. The van der Waals surface area contributed by atoms with Crippen molar-refractivity contribution in [3.05, 3.63) is 29.6 Å². The van der Waals surface area contributed by atoms with Gasteiger partial charge in [0.2, 0.25) is 0 Å².